The Morgan fingerprint density at radius 2 is 1.93 bits per heavy atom. The number of amides is 1. The number of nitrogens with zero attached hydrogens (tertiary/aromatic N) is 1. The lowest BCUT2D eigenvalue weighted by atomic mass is 10.3. The number of hydrogen-bond acceptors (Lipinski definition) is 6. The van der Waals surface area contributed by atoms with Crippen molar-refractivity contribution < 1.29 is 27.9 Å². The molecule has 0 fully saturated rings. The van der Waals surface area contributed by atoms with Crippen molar-refractivity contribution in [1.29, 1.82) is 0 Å². The van der Waals surface area contributed by atoms with Crippen molar-refractivity contribution in [3.8, 4) is 0 Å². The quantitative estimate of drug-likeness (QED) is 0.396. The van der Waals surface area contributed by atoms with Gasteiger partial charge < -0.3 is 14.7 Å². The predicted molar refractivity (Wildman–Crippen MR) is 103 cm³/mol. The standard InChI is InChI=1S/C17H23BrN2O6S/c1-4-20(9-12(2)3)16(22)11-26-17(23)15(10-21)19-27(24,25)14-7-5-13(18)6-8-14/h5-8,15,19,21H,2,4,9-11H2,1,3H3. The first-order chi connectivity index (χ1) is 12.6. The predicted octanol–water partition coefficient (Wildman–Crippen LogP) is 1.06. The Balaban J connectivity index is 2.72. The molecule has 27 heavy (non-hydrogen) atoms. The summed E-state index contributed by atoms with van der Waals surface area (Å²) in [5.74, 6) is -1.49. The van der Waals surface area contributed by atoms with Crippen molar-refractivity contribution in [1.82, 2.24) is 9.62 Å². The van der Waals surface area contributed by atoms with Crippen LogP contribution in [0.5, 0.6) is 0 Å². The van der Waals surface area contributed by atoms with Gasteiger partial charge >= 0.3 is 5.97 Å². The van der Waals surface area contributed by atoms with Crippen LogP contribution in [0.4, 0.5) is 0 Å². The van der Waals surface area contributed by atoms with E-state index in [0.717, 1.165) is 5.57 Å². The van der Waals surface area contributed by atoms with Crippen molar-refractivity contribution in [2.75, 3.05) is 26.3 Å². The number of nitrogens with one attached hydrogen (secondary N) is 1. The second-order valence-corrected chi connectivity index (χ2v) is 8.41. The van der Waals surface area contributed by atoms with E-state index in [0.29, 0.717) is 17.6 Å². The third-order valence-electron chi connectivity index (χ3n) is 3.42. The molecule has 0 aliphatic heterocycles. The summed E-state index contributed by atoms with van der Waals surface area (Å²) < 4.78 is 32.2. The number of carbonyl (C=O) groups is 2. The van der Waals surface area contributed by atoms with Crippen LogP contribution in [-0.2, 0) is 24.3 Å². The highest BCUT2D eigenvalue weighted by atomic mass is 79.9. The first-order valence-corrected chi connectivity index (χ1v) is 10.4. The highest BCUT2D eigenvalue weighted by Crippen LogP contribution is 2.15. The number of aliphatic hydroxyl groups is 1. The molecule has 1 atom stereocenters. The molecule has 1 aromatic rings. The third-order valence-corrected chi connectivity index (χ3v) is 5.44. The maximum atomic E-state index is 12.3. The molecule has 0 aromatic heterocycles. The number of benzene rings is 1. The fourth-order valence-electron chi connectivity index (χ4n) is 2.06. The van der Waals surface area contributed by atoms with Crippen LogP contribution in [0, 0.1) is 0 Å². The van der Waals surface area contributed by atoms with Crippen LogP contribution in [-0.4, -0.2) is 62.6 Å². The molecule has 0 bridgehead atoms. The van der Waals surface area contributed by atoms with Gasteiger partial charge in [0.1, 0.15) is 6.04 Å². The van der Waals surface area contributed by atoms with E-state index >= 15 is 0 Å². The zero-order valence-electron chi connectivity index (χ0n) is 15.1. The number of likely N-dealkylation sites (N-methyl/N-ethyl adjacent to an activating group) is 1. The van der Waals surface area contributed by atoms with Crippen LogP contribution in [0.2, 0.25) is 0 Å². The molecule has 0 saturated heterocycles. The van der Waals surface area contributed by atoms with Crippen LogP contribution in [0.3, 0.4) is 0 Å². The second kappa shape index (κ2) is 10.5. The number of carbonyl (C=O) groups excluding carboxylic acids is 2. The summed E-state index contributed by atoms with van der Waals surface area (Å²) >= 11 is 3.20. The Hall–Kier alpha value is -1.75. The van der Waals surface area contributed by atoms with Gasteiger partial charge in [-0.2, -0.15) is 4.72 Å². The molecular formula is C17H23BrN2O6S. The number of esters is 1. The van der Waals surface area contributed by atoms with E-state index in [9.17, 15) is 23.1 Å². The maximum Gasteiger partial charge on any atom is 0.327 e. The lowest BCUT2D eigenvalue weighted by Gasteiger charge is -2.21. The van der Waals surface area contributed by atoms with Crippen LogP contribution in [0.15, 0.2) is 45.8 Å². The van der Waals surface area contributed by atoms with E-state index in [2.05, 4.69) is 27.2 Å². The van der Waals surface area contributed by atoms with E-state index in [4.69, 9.17) is 4.74 Å². The highest BCUT2D eigenvalue weighted by Gasteiger charge is 2.27. The molecule has 1 amide bonds. The second-order valence-electron chi connectivity index (χ2n) is 5.78. The lowest BCUT2D eigenvalue weighted by Crippen LogP contribution is -2.45. The number of ether oxygens (including phenoxy) is 1. The molecule has 0 aliphatic rings. The van der Waals surface area contributed by atoms with Crippen molar-refractivity contribution in [3.63, 3.8) is 0 Å². The first-order valence-electron chi connectivity index (χ1n) is 8.08. The van der Waals surface area contributed by atoms with Gasteiger partial charge in [0.15, 0.2) is 6.61 Å². The average Bonchev–Trinajstić information content (AvgIpc) is 2.62. The van der Waals surface area contributed by atoms with E-state index in [1.807, 2.05) is 0 Å². The van der Waals surface area contributed by atoms with E-state index < -0.39 is 41.2 Å². The number of sulfonamides is 1. The molecule has 0 heterocycles. The van der Waals surface area contributed by atoms with Crippen molar-refractivity contribution >= 4 is 37.8 Å². The number of aliphatic hydroxyl groups excluding tert-OH is 1. The maximum absolute atomic E-state index is 12.3. The zero-order chi connectivity index (χ0) is 20.6. The summed E-state index contributed by atoms with van der Waals surface area (Å²) in [6, 6.07) is 4.21. The van der Waals surface area contributed by atoms with Gasteiger partial charge in [-0.05, 0) is 38.1 Å². The van der Waals surface area contributed by atoms with Gasteiger partial charge in [-0.15, -0.1) is 0 Å². The van der Waals surface area contributed by atoms with Gasteiger partial charge in [0.05, 0.1) is 11.5 Å². The monoisotopic (exact) mass is 462 g/mol. The summed E-state index contributed by atoms with van der Waals surface area (Å²) in [5.41, 5.74) is 0.770. The van der Waals surface area contributed by atoms with Gasteiger partial charge in [-0.25, -0.2) is 8.42 Å². The third kappa shape index (κ3) is 7.41. The van der Waals surface area contributed by atoms with Crippen LogP contribution < -0.4 is 4.72 Å². The molecular weight excluding hydrogens is 440 g/mol. The Kier molecular flexibility index (Phi) is 9.10. The lowest BCUT2D eigenvalue weighted by molar-refractivity contribution is -0.153. The molecule has 1 rings (SSSR count). The molecule has 10 heteroatoms. The smallest absolute Gasteiger partial charge is 0.327 e. The minimum atomic E-state index is -4.05. The van der Waals surface area contributed by atoms with Crippen LogP contribution in [0.1, 0.15) is 13.8 Å². The van der Waals surface area contributed by atoms with E-state index in [1.54, 1.807) is 13.8 Å². The summed E-state index contributed by atoms with van der Waals surface area (Å²) in [6.45, 7) is 6.62. The molecule has 1 unspecified atom stereocenters. The summed E-state index contributed by atoms with van der Waals surface area (Å²) in [4.78, 5) is 25.5. The minimum Gasteiger partial charge on any atom is -0.454 e. The molecule has 0 saturated carbocycles. The van der Waals surface area contributed by atoms with Gasteiger partial charge in [0.25, 0.3) is 5.91 Å². The number of hydrogen-bond donors (Lipinski definition) is 2. The SMILES string of the molecule is C=C(C)CN(CC)C(=O)COC(=O)C(CO)NS(=O)(=O)c1ccc(Br)cc1. The molecule has 0 spiro atoms. The molecule has 150 valence electrons. The van der Waals surface area contributed by atoms with Gasteiger partial charge in [-0.1, -0.05) is 28.1 Å². The Labute approximate surface area is 167 Å². The first kappa shape index (κ1) is 23.3. The zero-order valence-corrected chi connectivity index (χ0v) is 17.5. The highest BCUT2D eigenvalue weighted by molar-refractivity contribution is 9.10. The molecule has 0 aliphatic carbocycles. The number of halogens is 1. The molecule has 1 aromatic carbocycles. The van der Waals surface area contributed by atoms with Crippen LogP contribution >= 0.6 is 15.9 Å². The molecule has 0 radical (unpaired) electrons. The Morgan fingerprint density at radius 3 is 2.41 bits per heavy atom. The summed E-state index contributed by atoms with van der Waals surface area (Å²) in [5, 5.41) is 9.35. The molecule has 2 N–H and O–H groups in total. The van der Waals surface area contributed by atoms with Gasteiger partial charge in [0, 0.05) is 17.6 Å². The van der Waals surface area contributed by atoms with Crippen molar-refractivity contribution in [2.24, 2.45) is 0 Å². The van der Waals surface area contributed by atoms with E-state index in [-0.39, 0.29) is 4.90 Å². The summed E-state index contributed by atoms with van der Waals surface area (Å²) in [6.07, 6.45) is 0. The average molecular weight is 463 g/mol. The van der Waals surface area contributed by atoms with Crippen molar-refractivity contribution in [2.45, 2.75) is 24.8 Å². The normalized spacial score (nSPS) is 12.3. The van der Waals surface area contributed by atoms with E-state index in [1.165, 1.54) is 29.2 Å². The fourth-order valence-corrected chi connectivity index (χ4v) is 3.50. The van der Waals surface area contributed by atoms with Crippen molar-refractivity contribution in [3.05, 3.63) is 40.9 Å². The fraction of sp³-hybridized carbons (Fsp3) is 0.412. The number of rotatable bonds is 10. The topological polar surface area (TPSA) is 113 Å². The summed E-state index contributed by atoms with van der Waals surface area (Å²) in [7, 11) is -4.05. The van der Waals surface area contributed by atoms with Gasteiger partial charge in [-0.3, -0.25) is 9.59 Å². The Morgan fingerprint density at radius 1 is 1.33 bits per heavy atom. The minimum absolute atomic E-state index is 0.0772. The Bertz CT molecular complexity index is 779. The largest absolute Gasteiger partial charge is 0.454 e. The molecule has 8 nitrogen and oxygen atoms in total. The van der Waals surface area contributed by atoms with Gasteiger partial charge in [0.2, 0.25) is 10.0 Å². The van der Waals surface area contributed by atoms with Crippen LogP contribution in [0.25, 0.3) is 0 Å².